The summed E-state index contributed by atoms with van der Waals surface area (Å²) in [5, 5.41) is 16.2. The smallest absolute Gasteiger partial charge is 0.260 e. The molecule has 3 rings (SSSR count). The van der Waals surface area contributed by atoms with Crippen LogP contribution < -0.4 is 15.4 Å². The highest BCUT2D eigenvalue weighted by Gasteiger charge is 2.27. The average Bonchev–Trinajstić information content (AvgIpc) is 2.99. The third-order valence-electron chi connectivity index (χ3n) is 4.04. The molecule has 1 aliphatic rings. The van der Waals surface area contributed by atoms with Crippen molar-refractivity contribution in [2.45, 2.75) is 25.8 Å². The van der Waals surface area contributed by atoms with Crippen LogP contribution >= 0.6 is 27.7 Å². The van der Waals surface area contributed by atoms with E-state index in [4.69, 9.17) is 4.74 Å². The molecule has 0 aliphatic carbocycles. The van der Waals surface area contributed by atoms with Gasteiger partial charge in [0.2, 0.25) is 0 Å². The van der Waals surface area contributed by atoms with Gasteiger partial charge in [0.25, 0.3) is 5.91 Å². The molecule has 0 radical (unpaired) electrons. The van der Waals surface area contributed by atoms with E-state index in [0.29, 0.717) is 21.7 Å². The summed E-state index contributed by atoms with van der Waals surface area (Å²) in [7, 11) is 0. The molecule has 2 aromatic carbocycles. The number of benzene rings is 2. The average molecular weight is 449 g/mol. The van der Waals surface area contributed by atoms with Crippen LogP contribution in [0.25, 0.3) is 6.08 Å². The van der Waals surface area contributed by atoms with Crippen LogP contribution in [-0.4, -0.2) is 23.1 Å². The van der Waals surface area contributed by atoms with E-state index in [-0.39, 0.29) is 17.2 Å². The first-order valence-corrected chi connectivity index (χ1v) is 10.4. The molecule has 0 saturated carbocycles. The summed E-state index contributed by atoms with van der Waals surface area (Å²) >= 11 is 4.74. The highest BCUT2D eigenvalue weighted by Crippen LogP contribution is 2.37. The van der Waals surface area contributed by atoms with Gasteiger partial charge in [-0.05, 0) is 70.7 Å². The topological polar surface area (TPSA) is 70.6 Å². The molecular weight excluding hydrogens is 428 g/mol. The van der Waals surface area contributed by atoms with Crippen LogP contribution in [0.5, 0.6) is 11.5 Å². The highest BCUT2D eigenvalue weighted by molar-refractivity contribution is 9.10. The first-order valence-electron chi connectivity index (χ1n) is 8.70. The van der Waals surface area contributed by atoms with Gasteiger partial charge in [0.05, 0.1) is 16.0 Å². The molecule has 2 aromatic rings. The first-order chi connectivity index (χ1) is 13.0. The molecule has 0 bridgehead atoms. The lowest BCUT2D eigenvalue weighted by Crippen LogP contribution is -2.30. The van der Waals surface area contributed by atoms with E-state index in [1.165, 1.54) is 17.3 Å². The summed E-state index contributed by atoms with van der Waals surface area (Å²) in [6.45, 7) is 4.41. The quantitative estimate of drug-likeness (QED) is 0.557. The summed E-state index contributed by atoms with van der Waals surface area (Å²) in [4.78, 5) is 12.9. The standard InChI is InChI=1S/C20H21BrN2O3S/c1-3-12-5-7-14(8-6-12)22-20-23-19(25)17(27-20)11-13-9-15(21)18(24)16(10-13)26-4-2/h5-11,20,22,24H,3-4H2,1-2H3,(H,23,25). The second-order valence-corrected chi connectivity index (χ2v) is 7.96. The Bertz CT molecular complexity index is 868. The number of thioether (sulfide) groups is 1. The number of ether oxygens (including phenoxy) is 1. The highest BCUT2D eigenvalue weighted by atomic mass is 79.9. The zero-order chi connectivity index (χ0) is 19.4. The molecule has 7 heteroatoms. The minimum absolute atomic E-state index is 0.0533. The van der Waals surface area contributed by atoms with Crippen LogP contribution in [0.15, 0.2) is 45.8 Å². The van der Waals surface area contributed by atoms with Crippen LogP contribution in [0.2, 0.25) is 0 Å². The van der Waals surface area contributed by atoms with E-state index >= 15 is 0 Å². The van der Waals surface area contributed by atoms with Gasteiger partial charge in [0.15, 0.2) is 17.0 Å². The van der Waals surface area contributed by atoms with Gasteiger partial charge in [-0.3, -0.25) is 4.79 Å². The summed E-state index contributed by atoms with van der Waals surface area (Å²) in [6.07, 6.45) is 2.78. The summed E-state index contributed by atoms with van der Waals surface area (Å²) in [5.41, 5.74) is 2.77. The Morgan fingerprint density at radius 2 is 2.04 bits per heavy atom. The number of amides is 1. The number of phenolic OH excluding ortho intramolecular Hbond substituents is 1. The largest absolute Gasteiger partial charge is 0.503 e. The summed E-state index contributed by atoms with van der Waals surface area (Å²) in [6, 6.07) is 11.6. The number of hydrogen-bond donors (Lipinski definition) is 3. The van der Waals surface area contributed by atoms with Crippen LogP contribution in [0.4, 0.5) is 5.69 Å². The third kappa shape index (κ3) is 4.78. The van der Waals surface area contributed by atoms with Crippen molar-refractivity contribution < 1.29 is 14.6 Å². The third-order valence-corrected chi connectivity index (χ3v) is 5.67. The SMILES string of the molecule is CCOc1cc(C=C2SC(Nc3ccc(CC)cc3)NC2=O)cc(Br)c1O. The molecule has 1 saturated heterocycles. The number of aryl methyl sites for hydroxylation is 1. The normalized spacial score (nSPS) is 17.8. The number of nitrogens with one attached hydrogen (secondary N) is 2. The van der Waals surface area contributed by atoms with E-state index in [0.717, 1.165) is 17.7 Å². The molecule has 0 spiro atoms. The van der Waals surface area contributed by atoms with Crippen molar-refractivity contribution in [3.05, 3.63) is 56.9 Å². The maximum absolute atomic E-state index is 12.3. The number of rotatable bonds is 6. The molecule has 1 aliphatic heterocycles. The molecule has 1 heterocycles. The molecule has 1 unspecified atom stereocenters. The molecule has 3 N–H and O–H groups in total. The van der Waals surface area contributed by atoms with Crippen molar-refractivity contribution in [2.24, 2.45) is 0 Å². The van der Waals surface area contributed by atoms with Crippen molar-refractivity contribution in [2.75, 3.05) is 11.9 Å². The lowest BCUT2D eigenvalue weighted by molar-refractivity contribution is -0.116. The molecule has 5 nitrogen and oxygen atoms in total. The minimum Gasteiger partial charge on any atom is -0.503 e. The fraction of sp³-hybridized carbons (Fsp3) is 0.250. The molecule has 1 atom stereocenters. The Hall–Kier alpha value is -2.12. The van der Waals surface area contributed by atoms with Gasteiger partial charge in [-0.15, -0.1) is 0 Å². The fourth-order valence-corrected chi connectivity index (χ4v) is 4.09. The van der Waals surface area contributed by atoms with Crippen molar-refractivity contribution >= 4 is 45.4 Å². The zero-order valence-corrected chi connectivity index (χ0v) is 17.5. The monoisotopic (exact) mass is 448 g/mol. The fourth-order valence-electron chi connectivity index (χ4n) is 2.65. The summed E-state index contributed by atoms with van der Waals surface area (Å²) in [5.74, 6) is 0.301. The van der Waals surface area contributed by atoms with Crippen molar-refractivity contribution in [3.8, 4) is 11.5 Å². The summed E-state index contributed by atoms with van der Waals surface area (Å²) < 4.78 is 5.96. The van der Waals surface area contributed by atoms with E-state index in [9.17, 15) is 9.90 Å². The van der Waals surface area contributed by atoms with Crippen LogP contribution in [0, 0.1) is 0 Å². The lowest BCUT2D eigenvalue weighted by atomic mass is 10.1. The maximum Gasteiger partial charge on any atom is 0.260 e. The minimum atomic E-state index is -0.233. The first kappa shape index (κ1) is 19.6. The van der Waals surface area contributed by atoms with E-state index < -0.39 is 0 Å². The number of carbonyl (C=O) groups is 1. The Kier molecular flexibility index (Phi) is 6.34. The number of phenols is 1. The number of carbonyl (C=O) groups excluding carboxylic acids is 1. The van der Waals surface area contributed by atoms with Gasteiger partial charge >= 0.3 is 0 Å². The molecule has 27 heavy (non-hydrogen) atoms. The second-order valence-electron chi connectivity index (χ2n) is 5.96. The van der Waals surface area contributed by atoms with Crippen LogP contribution in [0.1, 0.15) is 25.0 Å². The van der Waals surface area contributed by atoms with Crippen molar-refractivity contribution in [1.82, 2.24) is 5.32 Å². The Morgan fingerprint density at radius 1 is 1.30 bits per heavy atom. The number of halogens is 1. The molecule has 142 valence electrons. The van der Waals surface area contributed by atoms with Crippen molar-refractivity contribution in [1.29, 1.82) is 0 Å². The number of aromatic hydroxyl groups is 1. The van der Waals surface area contributed by atoms with Gasteiger partial charge < -0.3 is 20.5 Å². The zero-order valence-electron chi connectivity index (χ0n) is 15.1. The van der Waals surface area contributed by atoms with Crippen LogP contribution in [0.3, 0.4) is 0 Å². The van der Waals surface area contributed by atoms with E-state index in [1.807, 2.05) is 19.1 Å². The lowest BCUT2D eigenvalue weighted by Gasteiger charge is -2.13. The Morgan fingerprint density at radius 3 is 2.70 bits per heavy atom. The van der Waals surface area contributed by atoms with Gasteiger partial charge in [-0.25, -0.2) is 0 Å². The molecular formula is C20H21BrN2O3S. The Balaban J connectivity index is 1.74. The predicted molar refractivity (Wildman–Crippen MR) is 114 cm³/mol. The van der Waals surface area contributed by atoms with Gasteiger partial charge in [0.1, 0.15) is 0 Å². The van der Waals surface area contributed by atoms with Crippen molar-refractivity contribution in [3.63, 3.8) is 0 Å². The molecule has 1 amide bonds. The Labute approximate surface area is 171 Å². The molecule has 0 aromatic heterocycles. The predicted octanol–water partition coefficient (Wildman–Crippen LogP) is 4.72. The number of hydrogen-bond acceptors (Lipinski definition) is 5. The maximum atomic E-state index is 12.3. The van der Waals surface area contributed by atoms with Gasteiger partial charge in [-0.1, -0.05) is 30.8 Å². The van der Waals surface area contributed by atoms with Gasteiger partial charge in [-0.2, -0.15) is 0 Å². The molecule has 1 fully saturated rings. The van der Waals surface area contributed by atoms with Gasteiger partial charge in [0, 0.05) is 5.69 Å². The van der Waals surface area contributed by atoms with E-state index in [1.54, 1.807) is 18.2 Å². The second kappa shape index (κ2) is 8.71. The van der Waals surface area contributed by atoms with Crippen LogP contribution in [-0.2, 0) is 11.2 Å². The van der Waals surface area contributed by atoms with E-state index in [2.05, 4.69) is 45.6 Å². The number of anilines is 1.